The summed E-state index contributed by atoms with van der Waals surface area (Å²) in [6.07, 6.45) is 6.87. The van der Waals surface area contributed by atoms with Crippen molar-refractivity contribution in [1.82, 2.24) is 9.38 Å². The van der Waals surface area contributed by atoms with Crippen LogP contribution in [0.25, 0.3) is 5.65 Å². The zero-order chi connectivity index (χ0) is 11.7. The van der Waals surface area contributed by atoms with E-state index in [1.54, 1.807) is 12.3 Å². The van der Waals surface area contributed by atoms with Crippen molar-refractivity contribution in [2.75, 3.05) is 0 Å². The zero-order valence-electron chi connectivity index (χ0n) is 9.04. The average molecular weight is 226 g/mol. The molecule has 4 nitrogen and oxygen atoms in total. The van der Waals surface area contributed by atoms with Gasteiger partial charge in [0.2, 0.25) is 0 Å². The summed E-state index contributed by atoms with van der Waals surface area (Å²) in [6.45, 7) is 0. The lowest BCUT2D eigenvalue weighted by molar-refractivity contribution is 0.112. The van der Waals surface area contributed by atoms with Crippen LogP contribution in [0.5, 0.6) is 0 Å². The van der Waals surface area contributed by atoms with Gasteiger partial charge in [-0.25, -0.2) is 4.98 Å². The van der Waals surface area contributed by atoms with Crippen LogP contribution >= 0.6 is 0 Å². The molecule has 0 spiro atoms. The van der Waals surface area contributed by atoms with Gasteiger partial charge >= 0.3 is 0 Å². The Bertz CT molecular complexity index is 653. The fourth-order valence-electron chi connectivity index (χ4n) is 1.85. The van der Waals surface area contributed by atoms with Gasteiger partial charge in [0.15, 0.2) is 6.29 Å². The fraction of sp³-hybridized carbons (Fsp3) is 0.0769. The molecule has 0 aliphatic carbocycles. The highest BCUT2D eigenvalue weighted by molar-refractivity contribution is 5.84. The molecule has 0 unspecified atom stereocenters. The third kappa shape index (κ3) is 1.73. The molecule has 3 aromatic rings. The van der Waals surface area contributed by atoms with E-state index in [2.05, 4.69) is 4.98 Å². The summed E-state index contributed by atoms with van der Waals surface area (Å²) in [5.41, 5.74) is 2.16. The zero-order valence-corrected chi connectivity index (χ0v) is 9.04. The predicted molar refractivity (Wildman–Crippen MR) is 62.1 cm³/mol. The minimum atomic E-state index is 0.596. The van der Waals surface area contributed by atoms with Crippen LogP contribution in [-0.2, 0) is 6.42 Å². The van der Waals surface area contributed by atoms with E-state index in [0.717, 1.165) is 17.7 Å². The number of rotatable bonds is 3. The lowest BCUT2D eigenvalue weighted by atomic mass is 10.3. The number of aldehydes is 1. The first-order chi connectivity index (χ1) is 8.36. The Morgan fingerprint density at radius 3 is 3.06 bits per heavy atom. The van der Waals surface area contributed by atoms with Crippen LogP contribution < -0.4 is 0 Å². The SMILES string of the molecule is O=Cc1cccn2cc(Cc3ccco3)nc12. The molecule has 0 atom stereocenters. The van der Waals surface area contributed by atoms with Crippen LogP contribution in [0.3, 0.4) is 0 Å². The molecule has 0 aliphatic rings. The molecule has 0 aliphatic heterocycles. The Morgan fingerprint density at radius 2 is 2.29 bits per heavy atom. The third-order valence-electron chi connectivity index (χ3n) is 2.63. The first kappa shape index (κ1) is 9.84. The summed E-state index contributed by atoms with van der Waals surface area (Å²) >= 11 is 0. The number of imidazole rings is 1. The number of pyridine rings is 1. The van der Waals surface area contributed by atoms with Crippen molar-refractivity contribution < 1.29 is 9.21 Å². The molecule has 3 aromatic heterocycles. The van der Waals surface area contributed by atoms with E-state index in [9.17, 15) is 4.79 Å². The summed E-state index contributed by atoms with van der Waals surface area (Å²) in [6, 6.07) is 7.34. The maximum absolute atomic E-state index is 10.9. The largest absolute Gasteiger partial charge is 0.469 e. The Labute approximate surface area is 97.5 Å². The van der Waals surface area contributed by atoms with Crippen molar-refractivity contribution in [3.63, 3.8) is 0 Å². The molecule has 0 N–H and O–H groups in total. The number of hydrogen-bond acceptors (Lipinski definition) is 3. The number of aromatic nitrogens is 2. The maximum atomic E-state index is 10.9. The van der Waals surface area contributed by atoms with Crippen molar-refractivity contribution in [2.24, 2.45) is 0 Å². The minimum absolute atomic E-state index is 0.596. The Morgan fingerprint density at radius 1 is 1.35 bits per heavy atom. The molecule has 0 fully saturated rings. The summed E-state index contributed by atoms with van der Waals surface area (Å²) in [7, 11) is 0. The van der Waals surface area contributed by atoms with E-state index < -0.39 is 0 Å². The van der Waals surface area contributed by atoms with Crippen molar-refractivity contribution >= 4 is 11.9 Å². The van der Waals surface area contributed by atoms with Crippen LogP contribution in [0.2, 0.25) is 0 Å². The van der Waals surface area contributed by atoms with Gasteiger partial charge in [-0.05, 0) is 24.3 Å². The molecule has 0 saturated heterocycles. The fourth-order valence-corrected chi connectivity index (χ4v) is 1.85. The molecule has 0 bridgehead atoms. The second-order valence-corrected chi connectivity index (χ2v) is 3.80. The van der Waals surface area contributed by atoms with E-state index >= 15 is 0 Å². The molecule has 3 rings (SSSR count). The summed E-state index contributed by atoms with van der Waals surface area (Å²) in [5, 5.41) is 0. The maximum Gasteiger partial charge on any atom is 0.153 e. The molecule has 0 amide bonds. The van der Waals surface area contributed by atoms with E-state index in [4.69, 9.17) is 4.42 Å². The van der Waals surface area contributed by atoms with E-state index in [0.29, 0.717) is 17.6 Å². The van der Waals surface area contributed by atoms with Gasteiger partial charge in [0.25, 0.3) is 0 Å². The molecule has 0 aromatic carbocycles. The van der Waals surface area contributed by atoms with Crippen LogP contribution in [0.15, 0.2) is 47.3 Å². The standard InChI is InChI=1S/C13H10N2O2/c16-9-10-3-1-5-15-8-11(14-13(10)15)7-12-4-2-6-17-12/h1-6,8-9H,7H2. The summed E-state index contributed by atoms with van der Waals surface area (Å²) in [5.74, 6) is 0.862. The molecule has 0 radical (unpaired) electrons. The first-order valence-electron chi connectivity index (χ1n) is 5.31. The Kier molecular flexibility index (Phi) is 2.26. The number of furan rings is 1. The monoisotopic (exact) mass is 226 g/mol. The second-order valence-electron chi connectivity index (χ2n) is 3.80. The highest BCUT2D eigenvalue weighted by Gasteiger charge is 2.07. The van der Waals surface area contributed by atoms with Crippen LogP contribution in [0, 0.1) is 0 Å². The summed E-state index contributed by atoms with van der Waals surface area (Å²) < 4.78 is 7.12. The molecule has 84 valence electrons. The van der Waals surface area contributed by atoms with E-state index in [1.807, 2.05) is 35.0 Å². The Hall–Kier alpha value is -2.36. The molecule has 17 heavy (non-hydrogen) atoms. The molecule has 0 saturated carbocycles. The van der Waals surface area contributed by atoms with Crippen LogP contribution in [0.4, 0.5) is 0 Å². The highest BCUT2D eigenvalue weighted by atomic mass is 16.3. The van der Waals surface area contributed by atoms with Gasteiger partial charge in [-0.3, -0.25) is 4.79 Å². The third-order valence-corrected chi connectivity index (χ3v) is 2.63. The smallest absolute Gasteiger partial charge is 0.153 e. The molecular formula is C13H10N2O2. The highest BCUT2D eigenvalue weighted by Crippen LogP contribution is 2.13. The van der Waals surface area contributed by atoms with Crippen LogP contribution in [0.1, 0.15) is 21.8 Å². The van der Waals surface area contributed by atoms with Crippen molar-refractivity contribution in [3.05, 3.63) is 59.9 Å². The molecular weight excluding hydrogens is 216 g/mol. The van der Waals surface area contributed by atoms with Gasteiger partial charge in [-0.15, -0.1) is 0 Å². The number of nitrogens with zero attached hydrogens (tertiary/aromatic N) is 2. The van der Waals surface area contributed by atoms with Gasteiger partial charge in [-0.1, -0.05) is 0 Å². The van der Waals surface area contributed by atoms with Gasteiger partial charge in [0.05, 0.1) is 17.5 Å². The second kappa shape index (κ2) is 3.90. The van der Waals surface area contributed by atoms with Gasteiger partial charge < -0.3 is 8.82 Å². The average Bonchev–Trinajstić information content (AvgIpc) is 2.97. The molecule has 4 heteroatoms. The normalized spacial score (nSPS) is 10.8. The topological polar surface area (TPSA) is 47.5 Å². The number of hydrogen-bond donors (Lipinski definition) is 0. The number of carbonyl (C=O) groups excluding carboxylic acids is 1. The summed E-state index contributed by atoms with van der Waals surface area (Å²) in [4.78, 5) is 15.3. The quantitative estimate of drug-likeness (QED) is 0.644. The Balaban J connectivity index is 2.04. The van der Waals surface area contributed by atoms with Crippen molar-refractivity contribution in [1.29, 1.82) is 0 Å². The van der Waals surface area contributed by atoms with Crippen LogP contribution in [-0.4, -0.2) is 15.7 Å². The van der Waals surface area contributed by atoms with Gasteiger partial charge in [0.1, 0.15) is 11.4 Å². The minimum Gasteiger partial charge on any atom is -0.469 e. The number of fused-ring (bicyclic) bond motifs is 1. The lowest BCUT2D eigenvalue weighted by Gasteiger charge is -1.93. The number of carbonyl (C=O) groups is 1. The van der Waals surface area contributed by atoms with E-state index in [-0.39, 0.29) is 0 Å². The van der Waals surface area contributed by atoms with Gasteiger partial charge in [0, 0.05) is 18.8 Å². The molecule has 3 heterocycles. The van der Waals surface area contributed by atoms with Gasteiger partial charge in [-0.2, -0.15) is 0 Å². The first-order valence-corrected chi connectivity index (χ1v) is 5.31. The lowest BCUT2D eigenvalue weighted by Crippen LogP contribution is -1.88. The van der Waals surface area contributed by atoms with Crippen molar-refractivity contribution in [2.45, 2.75) is 6.42 Å². The van der Waals surface area contributed by atoms with Crippen molar-refractivity contribution in [3.8, 4) is 0 Å². The predicted octanol–water partition coefficient (Wildman–Crippen LogP) is 2.33. The van der Waals surface area contributed by atoms with E-state index in [1.165, 1.54) is 0 Å².